The van der Waals surface area contributed by atoms with Crippen LogP contribution in [-0.4, -0.2) is 105 Å². The van der Waals surface area contributed by atoms with Gasteiger partial charge in [0, 0.05) is 64.2 Å². The van der Waals surface area contributed by atoms with Gasteiger partial charge >= 0.3 is 0 Å². The van der Waals surface area contributed by atoms with Gasteiger partial charge in [-0.25, -0.2) is 14.4 Å². The lowest BCUT2D eigenvalue weighted by atomic mass is 9.93. The molecule has 2 aliphatic rings. The van der Waals surface area contributed by atoms with Gasteiger partial charge in [-0.1, -0.05) is 29.3 Å². The number of fused-ring (bicyclic) bond motifs is 4. The minimum Gasteiger partial charge on any atom is -0.474 e. The van der Waals surface area contributed by atoms with E-state index in [1.807, 2.05) is 36.6 Å². The Kier molecular flexibility index (Phi) is 9.91. The summed E-state index contributed by atoms with van der Waals surface area (Å²) in [6, 6.07) is 5.54. The van der Waals surface area contributed by atoms with Crippen LogP contribution >= 0.6 is 23.2 Å². The molecule has 1 N–H and O–H groups in total. The Morgan fingerprint density at radius 2 is 1.98 bits per heavy atom. The lowest BCUT2D eigenvalue weighted by Crippen LogP contribution is -2.45. The van der Waals surface area contributed by atoms with Crippen LogP contribution in [0.25, 0.3) is 44.0 Å². The van der Waals surface area contributed by atoms with E-state index in [0.717, 1.165) is 19.4 Å². The molecule has 0 unspecified atom stereocenters. The summed E-state index contributed by atoms with van der Waals surface area (Å²) in [5, 5.41) is 18.7. The molecule has 2 aliphatic heterocycles. The third-order valence-corrected chi connectivity index (χ3v) is 11.0. The van der Waals surface area contributed by atoms with Crippen molar-refractivity contribution < 1.29 is 13.9 Å². The molecule has 266 valence electrons. The smallest absolute Gasteiger partial charge is 0.246 e. The van der Waals surface area contributed by atoms with E-state index in [1.54, 1.807) is 35.6 Å². The zero-order chi connectivity index (χ0) is 36.0. The van der Waals surface area contributed by atoms with Crippen molar-refractivity contribution in [2.45, 2.75) is 57.2 Å². The fraction of sp³-hybridized carbons (Fsp3) is 0.432. The zero-order valence-corrected chi connectivity index (χ0v) is 30.6. The fourth-order valence-corrected chi connectivity index (χ4v) is 8.11. The summed E-state index contributed by atoms with van der Waals surface area (Å²) in [6.07, 6.45) is 10.2. The van der Waals surface area contributed by atoms with E-state index in [0.29, 0.717) is 76.0 Å². The number of halogens is 3. The lowest BCUT2D eigenvalue weighted by molar-refractivity contribution is -0.130. The van der Waals surface area contributed by atoms with Crippen molar-refractivity contribution in [3.05, 3.63) is 58.2 Å². The summed E-state index contributed by atoms with van der Waals surface area (Å²) in [4.78, 5) is 28.8. The van der Waals surface area contributed by atoms with Crippen LogP contribution in [0.4, 0.5) is 4.39 Å². The molecule has 5 aromatic rings. The van der Waals surface area contributed by atoms with Gasteiger partial charge in [0.1, 0.15) is 12.1 Å². The highest BCUT2D eigenvalue weighted by Gasteiger charge is 2.34. The van der Waals surface area contributed by atoms with E-state index < -0.39 is 5.82 Å². The molecule has 0 spiro atoms. The first-order chi connectivity index (χ1) is 24.6. The number of carbonyl (C=O) groups excluding carboxylic acids is 1. The van der Waals surface area contributed by atoms with Crippen molar-refractivity contribution in [3.63, 3.8) is 0 Å². The molecule has 51 heavy (non-hydrogen) atoms. The van der Waals surface area contributed by atoms with Gasteiger partial charge in [0.2, 0.25) is 11.8 Å². The third-order valence-electron chi connectivity index (χ3n) is 10.4. The van der Waals surface area contributed by atoms with Crippen molar-refractivity contribution >= 4 is 61.9 Å². The number of ether oxygens (including phenoxy) is 1. The van der Waals surface area contributed by atoms with Gasteiger partial charge < -0.3 is 24.0 Å². The number of piperidine rings is 1. The highest BCUT2D eigenvalue weighted by molar-refractivity contribution is 6.36. The maximum atomic E-state index is 17.2. The van der Waals surface area contributed by atoms with Crippen LogP contribution in [0.5, 0.6) is 5.88 Å². The number of carbonyl (C=O) groups is 1. The van der Waals surface area contributed by atoms with Crippen molar-refractivity contribution in [2.24, 2.45) is 0 Å². The summed E-state index contributed by atoms with van der Waals surface area (Å²) in [6.45, 7) is 4.29. The second-order valence-corrected chi connectivity index (χ2v) is 14.7. The van der Waals surface area contributed by atoms with Gasteiger partial charge in [0.05, 0.1) is 41.1 Å². The number of H-pyrrole nitrogens is 1. The van der Waals surface area contributed by atoms with E-state index in [9.17, 15) is 10.1 Å². The number of aromatic amines is 1. The molecule has 11 nitrogen and oxygen atoms in total. The summed E-state index contributed by atoms with van der Waals surface area (Å²) in [5.74, 6) is -0.472. The minimum absolute atomic E-state index is 0.0988. The van der Waals surface area contributed by atoms with Crippen molar-refractivity contribution in [2.75, 3.05) is 47.4 Å². The summed E-state index contributed by atoms with van der Waals surface area (Å²) in [5.41, 5.74) is 3.29. The lowest BCUT2D eigenvalue weighted by Gasteiger charge is -2.38. The predicted octanol–water partition coefficient (Wildman–Crippen LogP) is 6.92. The first-order valence-electron chi connectivity index (χ1n) is 17.2. The molecule has 14 heteroatoms. The van der Waals surface area contributed by atoms with Gasteiger partial charge in [0.25, 0.3) is 0 Å². The van der Waals surface area contributed by atoms with E-state index in [2.05, 4.69) is 28.2 Å². The van der Waals surface area contributed by atoms with Crippen LogP contribution in [0, 0.1) is 24.1 Å². The van der Waals surface area contributed by atoms with E-state index in [-0.39, 0.29) is 52.4 Å². The molecule has 3 atom stereocenters. The average molecular weight is 733 g/mol. The molecule has 2 fully saturated rings. The highest BCUT2D eigenvalue weighted by atomic mass is 35.5. The highest BCUT2D eigenvalue weighted by Crippen LogP contribution is 2.45. The molecular weight excluding hydrogens is 692 g/mol. The maximum absolute atomic E-state index is 17.2. The summed E-state index contributed by atoms with van der Waals surface area (Å²) < 4.78 is 25.6. The van der Waals surface area contributed by atoms with Gasteiger partial charge in [-0.3, -0.25) is 9.89 Å². The molecule has 7 rings (SSSR count). The van der Waals surface area contributed by atoms with E-state index in [4.69, 9.17) is 37.9 Å². The minimum atomic E-state index is -0.602. The third kappa shape index (κ3) is 6.53. The Morgan fingerprint density at radius 3 is 2.73 bits per heavy atom. The fourth-order valence-electron chi connectivity index (χ4n) is 7.62. The number of likely N-dealkylation sites (tertiary alicyclic amines) is 2. The molecule has 2 saturated heterocycles. The zero-order valence-electron chi connectivity index (χ0n) is 29.1. The summed E-state index contributed by atoms with van der Waals surface area (Å²) in [7, 11) is 5.95. The molecular formula is C37H40Cl2FN9O2. The normalized spacial score (nSPS) is 20.1. The van der Waals surface area contributed by atoms with Crippen molar-refractivity contribution in [1.82, 2.24) is 39.4 Å². The molecule has 0 saturated carbocycles. The number of imidazole rings is 1. The number of amides is 1. The van der Waals surface area contributed by atoms with E-state index >= 15 is 4.39 Å². The van der Waals surface area contributed by atoms with Crippen LogP contribution in [0.2, 0.25) is 10.0 Å². The molecule has 0 aliphatic carbocycles. The standard InChI is InChI=1S/C37H40Cl2FN9O2/c1-21-27(38)17-29-26(18-43-45-29)31(21)32-28(39)16-25-34(33(32)40)44-37(51-19-24-7-5-13-47(24)4)35-36(25)49(20-42-35)23-10-14-48(22(15-23)9-11-41)30(50)8-6-12-46(2)3/h6,8,16-18,20,22-24H,5,7,9-10,12-15,19H2,1-4H3,(H,43,45)/b8-6+/t22-,23+,24+/m1/s1. The Labute approximate surface area is 305 Å². The van der Waals surface area contributed by atoms with E-state index in [1.165, 1.54) is 0 Å². The van der Waals surface area contributed by atoms with Crippen LogP contribution in [-0.2, 0) is 4.79 Å². The monoisotopic (exact) mass is 731 g/mol. The summed E-state index contributed by atoms with van der Waals surface area (Å²) >= 11 is 13.6. The van der Waals surface area contributed by atoms with Gasteiger partial charge in [-0.2, -0.15) is 10.4 Å². The number of benzene rings is 2. The number of nitrogens with one attached hydrogen (secondary N) is 1. The predicted molar refractivity (Wildman–Crippen MR) is 198 cm³/mol. The van der Waals surface area contributed by atoms with Gasteiger partial charge in [-0.05, 0) is 78.0 Å². The quantitative estimate of drug-likeness (QED) is 0.162. The van der Waals surface area contributed by atoms with Crippen LogP contribution in [0.15, 0.2) is 36.8 Å². The second kappa shape index (κ2) is 14.4. The van der Waals surface area contributed by atoms with Crippen molar-refractivity contribution in [3.8, 4) is 23.1 Å². The Bertz CT molecular complexity index is 2210. The molecule has 3 aromatic heterocycles. The van der Waals surface area contributed by atoms with Gasteiger partial charge in [-0.15, -0.1) is 0 Å². The second-order valence-electron chi connectivity index (χ2n) is 13.9. The topological polar surface area (TPSA) is 119 Å². The SMILES string of the molecule is Cc1c(Cl)cc2[nH]ncc2c1-c1c(Cl)cc2c(nc(OC[C@@H]3CCCN3C)c3ncn([C@H]4CCN(C(=O)/C=C/CN(C)C)[C@H](CC#N)C4)c32)c1F. The number of hydrogen-bond donors (Lipinski definition) is 1. The number of hydrogen-bond acceptors (Lipinski definition) is 8. The average Bonchev–Trinajstić information content (AvgIpc) is 3.86. The number of aromatic nitrogens is 5. The number of nitriles is 1. The number of pyridine rings is 1. The maximum Gasteiger partial charge on any atom is 0.246 e. The Morgan fingerprint density at radius 1 is 1.16 bits per heavy atom. The molecule has 5 heterocycles. The number of likely N-dealkylation sites (N-methyl/N-ethyl adjacent to an activating group) is 2. The van der Waals surface area contributed by atoms with Crippen molar-refractivity contribution in [1.29, 1.82) is 5.26 Å². The molecule has 0 radical (unpaired) electrons. The Hall–Kier alpha value is -4.28. The Balaban J connectivity index is 1.35. The van der Waals surface area contributed by atoms with Crippen LogP contribution in [0.1, 0.15) is 43.7 Å². The van der Waals surface area contributed by atoms with Gasteiger partial charge in [0.15, 0.2) is 11.3 Å². The largest absolute Gasteiger partial charge is 0.474 e. The molecule has 0 bridgehead atoms. The molecule has 1 amide bonds. The first-order valence-corrected chi connectivity index (χ1v) is 18.0. The van der Waals surface area contributed by atoms with Crippen LogP contribution in [0.3, 0.4) is 0 Å². The number of rotatable bonds is 9. The van der Waals surface area contributed by atoms with Crippen LogP contribution < -0.4 is 4.74 Å². The molecule has 2 aromatic carbocycles. The first kappa shape index (κ1) is 35.1. The number of nitrogens with zero attached hydrogens (tertiary/aromatic N) is 8.